The van der Waals surface area contributed by atoms with Gasteiger partial charge in [-0.3, -0.25) is 9.59 Å². The fourth-order valence-electron chi connectivity index (χ4n) is 4.40. The number of hydrogen-bond donors (Lipinski definition) is 0. The Morgan fingerprint density at radius 3 is 2.19 bits per heavy atom. The van der Waals surface area contributed by atoms with Crippen LogP contribution in [0.15, 0.2) is 12.1 Å². The van der Waals surface area contributed by atoms with Crippen molar-refractivity contribution < 1.29 is 23.8 Å². The Kier molecular flexibility index (Phi) is 5.48. The number of likely N-dealkylation sites (N-methyl/N-ethyl adjacent to an activating group) is 1. The molecule has 1 aromatic carbocycles. The van der Waals surface area contributed by atoms with E-state index in [0.717, 1.165) is 37.8 Å². The van der Waals surface area contributed by atoms with Gasteiger partial charge in [0.2, 0.25) is 17.6 Å². The highest BCUT2D eigenvalue weighted by atomic mass is 16.5. The molecule has 0 bridgehead atoms. The zero-order valence-electron chi connectivity index (χ0n) is 16.5. The van der Waals surface area contributed by atoms with Gasteiger partial charge in [-0.15, -0.1) is 0 Å². The molecule has 2 aliphatic heterocycles. The Balaban J connectivity index is 1.86. The quantitative estimate of drug-likeness (QED) is 0.785. The van der Waals surface area contributed by atoms with Crippen molar-refractivity contribution in [2.45, 2.75) is 37.6 Å². The normalized spacial score (nSPS) is 22.3. The van der Waals surface area contributed by atoms with Gasteiger partial charge in [-0.1, -0.05) is 0 Å². The van der Waals surface area contributed by atoms with Gasteiger partial charge in [0.05, 0.1) is 27.8 Å². The number of benzene rings is 1. The molecule has 2 heterocycles. The number of nitrogens with zero attached hydrogens (tertiary/aromatic N) is 2. The lowest BCUT2D eigenvalue weighted by atomic mass is 9.85. The SMILES string of the molecule is COc1cc(CC(=O)N2CCCC23CCCN(C)C3=O)cc(OC)c1OC. The van der Waals surface area contributed by atoms with E-state index in [9.17, 15) is 9.59 Å². The van der Waals surface area contributed by atoms with E-state index in [1.165, 1.54) is 0 Å². The fraction of sp³-hybridized carbons (Fsp3) is 0.600. The highest BCUT2D eigenvalue weighted by Crippen LogP contribution is 2.40. The van der Waals surface area contributed by atoms with Crippen molar-refractivity contribution in [3.05, 3.63) is 17.7 Å². The van der Waals surface area contributed by atoms with Crippen molar-refractivity contribution in [1.29, 1.82) is 0 Å². The number of rotatable bonds is 5. The molecule has 0 radical (unpaired) electrons. The lowest BCUT2D eigenvalue weighted by molar-refractivity contribution is -0.153. The molecule has 2 aliphatic rings. The Bertz CT molecular complexity index is 710. The number of carbonyl (C=O) groups excluding carboxylic acids is 2. The van der Waals surface area contributed by atoms with Crippen molar-refractivity contribution in [2.75, 3.05) is 41.5 Å². The van der Waals surface area contributed by atoms with Gasteiger partial charge in [-0.25, -0.2) is 0 Å². The summed E-state index contributed by atoms with van der Waals surface area (Å²) in [5.41, 5.74) is 0.109. The minimum absolute atomic E-state index is 0.0366. The van der Waals surface area contributed by atoms with Gasteiger partial charge < -0.3 is 24.0 Å². The molecule has 2 saturated heterocycles. The van der Waals surface area contributed by atoms with Gasteiger partial charge in [0.15, 0.2) is 11.5 Å². The van der Waals surface area contributed by atoms with E-state index in [-0.39, 0.29) is 18.2 Å². The van der Waals surface area contributed by atoms with E-state index >= 15 is 0 Å². The highest BCUT2D eigenvalue weighted by molar-refractivity contribution is 5.93. The minimum atomic E-state index is -0.662. The summed E-state index contributed by atoms with van der Waals surface area (Å²) in [6, 6.07) is 3.58. The third-order valence-corrected chi connectivity index (χ3v) is 5.70. The summed E-state index contributed by atoms with van der Waals surface area (Å²) in [6.45, 7) is 1.39. The third-order valence-electron chi connectivity index (χ3n) is 5.70. The van der Waals surface area contributed by atoms with Gasteiger partial charge in [0.1, 0.15) is 5.54 Å². The molecular formula is C20H28N2O5. The fourth-order valence-corrected chi connectivity index (χ4v) is 4.40. The lowest BCUT2D eigenvalue weighted by Gasteiger charge is -2.43. The summed E-state index contributed by atoms with van der Waals surface area (Å²) in [5.74, 6) is 1.57. The van der Waals surface area contributed by atoms with E-state index < -0.39 is 5.54 Å². The van der Waals surface area contributed by atoms with Gasteiger partial charge in [0.25, 0.3) is 0 Å². The van der Waals surface area contributed by atoms with Crippen molar-refractivity contribution in [1.82, 2.24) is 9.80 Å². The van der Waals surface area contributed by atoms with Gasteiger partial charge in [-0.05, 0) is 43.4 Å². The number of likely N-dealkylation sites (tertiary alicyclic amines) is 2. The maximum atomic E-state index is 13.1. The van der Waals surface area contributed by atoms with E-state index in [1.54, 1.807) is 43.3 Å². The van der Waals surface area contributed by atoms with Crippen molar-refractivity contribution in [3.8, 4) is 17.2 Å². The number of ether oxygens (including phenoxy) is 3. The molecule has 1 unspecified atom stereocenters. The summed E-state index contributed by atoms with van der Waals surface area (Å²) < 4.78 is 16.1. The molecule has 0 aliphatic carbocycles. The number of amides is 2. The molecule has 1 atom stereocenters. The topological polar surface area (TPSA) is 68.3 Å². The van der Waals surface area contributed by atoms with Crippen LogP contribution in [0.3, 0.4) is 0 Å². The zero-order valence-corrected chi connectivity index (χ0v) is 16.5. The van der Waals surface area contributed by atoms with Crippen LogP contribution in [0.4, 0.5) is 0 Å². The first kappa shape index (κ1) is 19.3. The van der Waals surface area contributed by atoms with E-state index in [2.05, 4.69) is 0 Å². The maximum Gasteiger partial charge on any atom is 0.248 e. The van der Waals surface area contributed by atoms with Crippen LogP contribution in [0, 0.1) is 0 Å². The average molecular weight is 376 g/mol. The summed E-state index contributed by atoms with van der Waals surface area (Å²) in [4.78, 5) is 29.6. The second-order valence-corrected chi connectivity index (χ2v) is 7.22. The molecule has 2 amide bonds. The predicted octanol–water partition coefficient (Wildman–Crippen LogP) is 1.87. The predicted molar refractivity (Wildman–Crippen MR) is 100 cm³/mol. The van der Waals surface area contributed by atoms with Crippen LogP contribution in [0.5, 0.6) is 17.2 Å². The largest absolute Gasteiger partial charge is 0.493 e. The Hall–Kier alpha value is -2.44. The van der Waals surface area contributed by atoms with Crippen LogP contribution in [-0.4, -0.2) is 68.6 Å². The number of carbonyl (C=O) groups is 2. The summed E-state index contributed by atoms with van der Waals surface area (Å²) >= 11 is 0. The number of hydrogen-bond acceptors (Lipinski definition) is 5. The van der Waals surface area contributed by atoms with E-state index in [0.29, 0.717) is 23.8 Å². The van der Waals surface area contributed by atoms with Crippen LogP contribution >= 0.6 is 0 Å². The van der Waals surface area contributed by atoms with Gasteiger partial charge >= 0.3 is 0 Å². The lowest BCUT2D eigenvalue weighted by Crippen LogP contribution is -2.60. The van der Waals surface area contributed by atoms with Crippen molar-refractivity contribution >= 4 is 11.8 Å². The Morgan fingerprint density at radius 2 is 1.63 bits per heavy atom. The second kappa shape index (κ2) is 7.66. The molecule has 1 spiro atoms. The first-order valence-electron chi connectivity index (χ1n) is 9.31. The van der Waals surface area contributed by atoms with Crippen LogP contribution in [0.2, 0.25) is 0 Å². The number of methoxy groups -OCH3 is 3. The van der Waals surface area contributed by atoms with Crippen LogP contribution in [-0.2, 0) is 16.0 Å². The zero-order chi connectivity index (χ0) is 19.6. The molecule has 7 heteroatoms. The first-order chi connectivity index (χ1) is 13.0. The Labute approximate surface area is 160 Å². The van der Waals surface area contributed by atoms with Crippen molar-refractivity contribution in [3.63, 3.8) is 0 Å². The maximum absolute atomic E-state index is 13.1. The summed E-state index contributed by atoms with van der Waals surface area (Å²) in [5, 5.41) is 0. The Morgan fingerprint density at radius 1 is 1.04 bits per heavy atom. The van der Waals surface area contributed by atoms with E-state index in [4.69, 9.17) is 14.2 Å². The number of piperidine rings is 1. The third kappa shape index (κ3) is 3.31. The van der Waals surface area contributed by atoms with Gasteiger partial charge in [-0.2, -0.15) is 0 Å². The smallest absolute Gasteiger partial charge is 0.248 e. The monoisotopic (exact) mass is 376 g/mol. The molecular weight excluding hydrogens is 348 g/mol. The first-order valence-corrected chi connectivity index (χ1v) is 9.31. The standard InChI is InChI=1S/C20H28N2O5/c1-21-9-5-7-20(19(21)24)8-6-10-22(20)17(23)13-14-11-15(25-2)18(27-4)16(12-14)26-3/h11-12H,5-10,13H2,1-4H3. The summed E-state index contributed by atoms with van der Waals surface area (Å²) in [6.07, 6.45) is 3.47. The molecule has 148 valence electrons. The molecule has 0 aromatic heterocycles. The molecule has 0 N–H and O–H groups in total. The molecule has 1 aromatic rings. The van der Waals surface area contributed by atoms with Gasteiger partial charge in [0, 0.05) is 20.1 Å². The molecule has 27 heavy (non-hydrogen) atoms. The molecule has 0 saturated carbocycles. The highest BCUT2D eigenvalue weighted by Gasteiger charge is 2.51. The molecule has 3 rings (SSSR count). The summed E-state index contributed by atoms with van der Waals surface area (Å²) in [7, 11) is 6.47. The van der Waals surface area contributed by atoms with Crippen LogP contribution < -0.4 is 14.2 Å². The van der Waals surface area contributed by atoms with Crippen LogP contribution in [0.25, 0.3) is 0 Å². The second-order valence-electron chi connectivity index (χ2n) is 7.22. The van der Waals surface area contributed by atoms with E-state index in [1.807, 2.05) is 7.05 Å². The minimum Gasteiger partial charge on any atom is -0.493 e. The van der Waals surface area contributed by atoms with Crippen LogP contribution in [0.1, 0.15) is 31.2 Å². The van der Waals surface area contributed by atoms with Crippen molar-refractivity contribution in [2.24, 2.45) is 0 Å². The average Bonchev–Trinajstić information content (AvgIpc) is 3.09. The molecule has 7 nitrogen and oxygen atoms in total. The molecule has 2 fully saturated rings.